The summed E-state index contributed by atoms with van der Waals surface area (Å²) in [6.07, 6.45) is 7.02. The van der Waals surface area contributed by atoms with Gasteiger partial charge in [0.25, 0.3) is 6.34 Å². The van der Waals surface area contributed by atoms with Gasteiger partial charge in [-0.2, -0.15) is 0 Å². The van der Waals surface area contributed by atoms with Crippen molar-refractivity contribution < 1.29 is 0 Å². The normalized spacial score (nSPS) is 21.6. The third-order valence-electron chi connectivity index (χ3n) is 3.93. The summed E-state index contributed by atoms with van der Waals surface area (Å²) in [5, 5.41) is 0. The van der Waals surface area contributed by atoms with Gasteiger partial charge >= 0.3 is 0 Å². The number of aliphatic imine (C=N–C) groups is 1. The van der Waals surface area contributed by atoms with Crippen LogP contribution in [-0.2, 0) is 0 Å². The quantitative estimate of drug-likeness (QED) is 0.835. The van der Waals surface area contributed by atoms with Gasteiger partial charge in [-0.05, 0) is 37.1 Å². The van der Waals surface area contributed by atoms with E-state index in [1.807, 2.05) is 24.8 Å². The summed E-state index contributed by atoms with van der Waals surface area (Å²) in [5.74, 6) is 0.701. The minimum absolute atomic E-state index is 0.701. The largest absolute Gasteiger partial charge is 0.399 e. The Bertz CT molecular complexity index is 509. The summed E-state index contributed by atoms with van der Waals surface area (Å²) >= 11 is 0. The molecule has 4 nitrogen and oxygen atoms in total. The van der Waals surface area contributed by atoms with E-state index >= 15 is 0 Å². The van der Waals surface area contributed by atoms with Crippen LogP contribution in [0.1, 0.15) is 12.0 Å². The maximum Gasteiger partial charge on any atom is 0.286 e. The number of hydrogen-bond donors (Lipinski definition) is 1. The second-order valence-electron chi connectivity index (χ2n) is 5.40. The number of nitrogens with zero attached hydrogens (tertiary/aromatic N) is 3. The highest BCUT2D eigenvalue weighted by atomic mass is 15.2. The molecule has 0 aliphatic carbocycles. The SMILES string of the molecule is Cc1cc(N2CCC(CN3C=C[N+]=C3)C2)ccc1N. The topological polar surface area (TPSA) is 46.6 Å². The van der Waals surface area contributed by atoms with Gasteiger partial charge in [-0.25, -0.2) is 4.90 Å². The molecule has 0 amide bonds. The van der Waals surface area contributed by atoms with Crippen LogP contribution in [0.2, 0.25) is 0 Å². The Hall–Kier alpha value is -1.97. The van der Waals surface area contributed by atoms with Gasteiger partial charge in [-0.3, -0.25) is 0 Å². The van der Waals surface area contributed by atoms with Crippen molar-refractivity contribution in [3.05, 3.63) is 36.2 Å². The zero-order valence-electron chi connectivity index (χ0n) is 11.3. The van der Waals surface area contributed by atoms with Crippen molar-refractivity contribution in [1.29, 1.82) is 0 Å². The fourth-order valence-electron chi connectivity index (χ4n) is 2.77. The molecule has 99 valence electrons. The van der Waals surface area contributed by atoms with Gasteiger partial charge in [-0.1, -0.05) is 4.99 Å². The van der Waals surface area contributed by atoms with Crippen LogP contribution >= 0.6 is 0 Å². The number of rotatable bonds is 3. The average molecular weight is 256 g/mol. The first kappa shape index (κ1) is 12.1. The second kappa shape index (κ2) is 4.96. The Labute approximate surface area is 114 Å². The zero-order chi connectivity index (χ0) is 13.2. The lowest BCUT2D eigenvalue weighted by molar-refractivity contribution is 0.446. The number of hydrogen-bond acceptors (Lipinski definition) is 4. The molecule has 1 radical (unpaired) electrons. The Balaban J connectivity index is 1.63. The molecule has 1 saturated heterocycles. The Kier molecular flexibility index (Phi) is 3.15. The molecule has 1 atom stereocenters. The second-order valence-corrected chi connectivity index (χ2v) is 5.40. The molecule has 2 N–H and O–H groups in total. The molecule has 1 aromatic rings. The predicted molar refractivity (Wildman–Crippen MR) is 80.0 cm³/mol. The summed E-state index contributed by atoms with van der Waals surface area (Å²) < 4.78 is 0. The van der Waals surface area contributed by atoms with Crippen LogP contribution in [0.4, 0.5) is 11.4 Å². The summed E-state index contributed by atoms with van der Waals surface area (Å²) in [4.78, 5) is 8.72. The van der Waals surface area contributed by atoms with Crippen LogP contribution in [0, 0.1) is 12.8 Å². The van der Waals surface area contributed by atoms with Crippen LogP contribution in [0.25, 0.3) is 0 Å². The fraction of sp³-hybridized carbons (Fsp3) is 0.400. The first-order valence-corrected chi connectivity index (χ1v) is 6.79. The number of nitrogen functional groups attached to an aromatic ring is 1. The maximum atomic E-state index is 5.88. The monoisotopic (exact) mass is 256 g/mol. The maximum absolute atomic E-state index is 5.88. The lowest BCUT2D eigenvalue weighted by atomic mass is 10.1. The summed E-state index contributed by atoms with van der Waals surface area (Å²) in [6, 6.07) is 6.32. The highest BCUT2D eigenvalue weighted by Crippen LogP contribution is 2.26. The van der Waals surface area contributed by atoms with E-state index in [2.05, 4.69) is 33.8 Å². The lowest BCUT2D eigenvalue weighted by Gasteiger charge is -2.20. The van der Waals surface area contributed by atoms with Crippen molar-refractivity contribution in [3.63, 3.8) is 0 Å². The van der Waals surface area contributed by atoms with E-state index in [1.165, 1.54) is 12.1 Å². The van der Waals surface area contributed by atoms with E-state index in [0.717, 1.165) is 30.9 Å². The number of benzene rings is 1. The molecule has 1 aromatic carbocycles. The molecule has 0 saturated carbocycles. The standard InChI is InChI=1S/C15H20N4/c1-12-8-14(2-3-15(12)16)19-6-4-13(10-19)9-18-7-5-17-11-18/h2-3,5,7-8,11,13H,4,6,9-10,16H2,1H3/q+1. The van der Waals surface area contributed by atoms with Crippen LogP contribution in [0.15, 0.2) is 30.6 Å². The molecule has 2 aliphatic heterocycles. The van der Waals surface area contributed by atoms with E-state index < -0.39 is 0 Å². The highest BCUT2D eigenvalue weighted by molar-refractivity contribution is 5.59. The van der Waals surface area contributed by atoms with Crippen LogP contribution in [-0.4, -0.2) is 30.9 Å². The Morgan fingerprint density at radius 3 is 3.05 bits per heavy atom. The van der Waals surface area contributed by atoms with Crippen molar-refractivity contribution in [1.82, 2.24) is 9.89 Å². The minimum Gasteiger partial charge on any atom is -0.399 e. The van der Waals surface area contributed by atoms with E-state index in [1.54, 1.807) is 0 Å². The van der Waals surface area contributed by atoms with Gasteiger partial charge in [-0.15, -0.1) is 0 Å². The molecule has 2 heterocycles. The van der Waals surface area contributed by atoms with Gasteiger partial charge in [0.05, 0.1) is 6.54 Å². The first-order valence-electron chi connectivity index (χ1n) is 6.79. The van der Waals surface area contributed by atoms with Gasteiger partial charge in [0.2, 0.25) is 0 Å². The fourth-order valence-corrected chi connectivity index (χ4v) is 2.77. The Morgan fingerprint density at radius 1 is 1.42 bits per heavy atom. The number of aryl methyl sites for hydroxylation is 1. The van der Waals surface area contributed by atoms with Gasteiger partial charge in [0.1, 0.15) is 6.20 Å². The molecular formula is C15H20N4+. The van der Waals surface area contributed by atoms with Crippen molar-refractivity contribution in [2.24, 2.45) is 5.92 Å². The van der Waals surface area contributed by atoms with Crippen LogP contribution in [0.5, 0.6) is 0 Å². The van der Waals surface area contributed by atoms with Gasteiger partial charge in [0, 0.05) is 30.4 Å². The van der Waals surface area contributed by atoms with E-state index in [-0.39, 0.29) is 0 Å². The molecule has 0 bridgehead atoms. The van der Waals surface area contributed by atoms with Crippen molar-refractivity contribution in [3.8, 4) is 0 Å². The third-order valence-corrected chi connectivity index (χ3v) is 3.93. The summed E-state index contributed by atoms with van der Waals surface area (Å²) in [6.45, 7) is 5.37. The average Bonchev–Trinajstić information content (AvgIpc) is 3.05. The molecule has 1 fully saturated rings. The molecule has 1 unspecified atom stereocenters. The van der Waals surface area contributed by atoms with Crippen LogP contribution in [0.3, 0.4) is 0 Å². The lowest BCUT2D eigenvalue weighted by Crippen LogP contribution is -2.26. The van der Waals surface area contributed by atoms with E-state index in [9.17, 15) is 0 Å². The zero-order valence-corrected chi connectivity index (χ0v) is 11.3. The molecule has 4 heteroatoms. The first-order chi connectivity index (χ1) is 9.22. The predicted octanol–water partition coefficient (Wildman–Crippen LogP) is 1.55. The minimum atomic E-state index is 0.701. The number of nitrogens with two attached hydrogens (primary N) is 1. The molecule has 3 rings (SSSR count). The summed E-state index contributed by atoms with van der Waals surface area (Å²) in [7, 11) is 0. The summed E-state index contributed by atoms with van der Waals surface area (Å²) in [5.41, 5.74) is 9.20. The van der Waals surface area contributed by atoms with Crippen molar-refractivity contribution in [2.75, 3.05) is 30.3 Å². The van der Waals surface area contributed by atoms with Crippen LogP contribution < -0.4 is 15.6 Å². The van der Waals surface area contributed by atoms with Crippen molar-refractivity contribution in [2.45, 2.75) is 13.3 Å². The van der Waals surface area contributed by atoms with Gasteiger partial charge in [0.15, 0.2) is 6.20 Å². The van der Waals surface area contributed by atoms with E-state index in [0.29, 0.717) is 5.92 Å². The van der Waals surface area contributed by atoms with Gasteiger partial charge < -0.3 is 10.6 Å². The van der Waals surface area contributed by atoms with Crippen molar-refractivity contribution >= 4 is 17.7 Å². The molecular weight excluding hydrogens is 236 g/mol. The molecule has 0 aromatic heterocycles. The van der Waals surface area contributed by atoms with E-state index in [4.69, 9.17) is 5.73 Å². The Morgan fingerprint density at radius 2 is 2.32 bits per heavy atom. The number of anilines is 2. The molecule has 19 heavy (non-hydrogen) atoms. The third kappa shape index (κ3) is 2.57. The smallest absolute Gasteiger partial charge is 0.286 e. The highest BCUT2D eigenvalue weighted by Gasteiger charge is 2.26. The molecule has 0 spiro atoms. The molecule has 2 aliphatic rings.